The lowest BCUT2D eigenvalue weighted by molar-refractivity contribution is 1.24. The normalized spacial score (nSPS) is 12.2. The predicted molar refractivity (Wildman–Crippen MR) is 92.8 cm³/mol. The van der Waals surface area contributed by atoms with Crippen LogP contribution < -0.4 is 0 Å². The highest BCUT2D eigenvalue weighted by Gasteiger charge is 2.07. The number of rotatable bonds is 5. The Morgan fingerprint density at radius 3 is 2.25 bits per heavy atom. The Kier molecular flexibility index (Phi) is 6.18. The quantitative estimate of drug-likeness (QED) is 0.460. The fourth-order valence-electron chi connectivity index (χ4n) is 1.43. The lowest BCUT2D eigenvalue weighted by atomic mass is 10.1. The van der Waals surface area contributed by atoms with E-state index in [0.717, 1.165) is 33.0 Å². The molecule has 1 aromatic rings. The van der Waals surface area contributed by atoms with E-state index >= 15 is 0 Å². The standard InChI is InChI=1S/C17H20ClNS/c1-11(2)14(18)10-15(12(3)4)19-17(13(5)6)16-8-7-9-20-16/h7-10H,1,5H2,2-4,6H3/b14-10+,19-17+. The minimum absolute atomic E-state index is 0.622. The van der Waals surface area contributed by atoms with E-state index in [1.807, 2.05) is 51.3 Å². The highest BCUT2D eigenvalue weighted by Crippen LogP contribution is 2.21. The molecule has 106 valence electrons. The Balaban J connectivity index is 3.33. The molecule has 3 heteroatoms. The molecule has 1 nitrogen and oxygen atoms in total. The first-order valence-corrected chi connectivity index (χ1v) is 7.57. The second-order valence-electron chi connectivity index (χ2n) is 4.88. The van der Waals surface area contributed by atoms with Gasteiger partial charge in [-0.05, 0) is 56.4 Å². The molecule has 0 amide bonds. The van der Waals surface area contributed by atoms with Gasteiger partial charge < -0.3 is 0 Å². The highest BCUT2D eigenvalue weighted by atomic mass is 35.5. The molecule has 0 saturated carbocycles. The molecule has 0 bridgehead atoms. The van der Waals surface area contributed by atoms with Crippen LogP contribution in [0.15, 0.2) is 69.2 Å². The zero-order valence-corrected chi connectivity index (χ0v) is 14.0. The maximum Gasteiger partial charge on any atom is 0.0832 e. The van der Waals surface area contributed by atoms with Crippen LogP contribution in [0.5, 0.6) is 0 Å². The van der Waals surface area contributed by atoms with Crippen LogP contribution in [0.2, 0.25) is 0 Å². The van der Waals surface area contributed by atoms with Crippen LogP contribution in [0.4, 0.5) is 0 Å². The minimum Gasteiger partial charge on any atom is -0.247 e. The largest absolute Gasteiger partial charge is 0.247 e. The summed E-state index contributed by atoms with van der Waals surface area (Å²) in [7, 11) is 0. The van der Waals surface area contributed by atoms with Gasteiger partial charge in [-0.15, -0.1) is 11.3 Å². The van der Waals surface area contributed by atoms with Crippen molar-refractivity contribution in [2.45, 2.75) is 27.7 Å². The Morgan fingerprint density at radius 2 is 1.85 bits per heavy atom. The van der Waals surface area contributed by atoms with E-state index in [0.29, 0.717) is 5.03 Å². The Morgan fingerprint density at radius 1 is 1.20 bits per heavy atom. The molecule has 0 N–H and O–H groups in total. The van der Waals surface area contributed by atoms with E-state index in [1.54, 1.807) is 11.3 Å². The SMILES string of the molecule is C=C(C)/C(Cl)=C\C(/N=C(\C(=C)C)c1cccs1)=C(C)C. The summed E-state index contributed by atoms with van der Waals surface area (Å²) < 4.78 is 0. The average Bonchev–Trinajstić information content (AvgIpc) is 2.86. The monoisotopic (exact) mass is 305 g/mol. The number of nitrogens with zero attached hydrogens (tertiary/aromatic N) is 1. The second kappa shape index (κ2) is 7.41. The molecule has 0 spiro atoms. The molecule has 20 heavy (non-hydrogen) atoms. The number of hydrogen-bond acceptors (Lipinski definition) is 2. The molecule has 0 fully saturated rings. The zero-order chi connectivity index (χ0) is 15.3. The van der Waals surface area contributed by atoms with Gasteiger partial charge in [0.2, 0.25) is 0 Å². The first-order valence-electron chi connectivity index (χ1n) is 6.32. The topological polar surface area (TPSA) is 12.4 Å². The van der Waals surface area contributed by atoms with Crippen LogP contribution in [-0.2, 0) is 0 Å². The molecule has 1 aromatic heterocycles. The first kappa shape index (κ1) is 16.7. The average molecular weight is 306 g/mol. The smallest absolute Gasteiger partial charge is 0.0832 e. The summed E-state index contributed by atoms with van der Waals surface area (Å²) in [5.41, 5.74) is 4.61. The van der Waals surface area contributed by atoms with Crippen LogP contribution in [-0.4, -0.2) is 5.71 Å². The van der Waals surface area contributed by atoms with Crippen molar-refractivity contribution in [2.75, 3.05) is 0 Å². The van der Waals surface area contributed by atoms with Crippen molar-refractivity contribution in [3.8, 4) is 0 Å². The fourth-order valence-corrected chi connectivity index (χ4v) is 2.32. The van der Waals surface area contributed by atoms with E-state index < -0.39 is 0 Å². The fraction of sp³-hybridized carbons (Fsp3) is 0.235. The second-order valence-corrected chi connectivity index (χ2v) is 6.23. The zero-order valence-electron chi connectivity index (χ0n) is 12.5. The molecule has 0 saturated heterocycles. The van der Waals surface area contributed by atoms with Gasteiger partial charge >= 0.3 is 0 Å². The number of hydrogen-bond donors (Lipinski definition) is 0. The molecule has 0 aliphatic carbocycles. The van der Waals surface area contributed by atoms with Gasteiger partial charge in [-0.25, -0.2) is 4.99 Å². The molecular formula is C17H20ClNS. The van der Waals surface area contributed by atoms with Crippen molar-refractivity contribution in [1.29, 1.82) is 0 Å². The maximum absolute atomic E-state index is 6.18. The van der Waals surface area contributed by atoms with Crippen molar-refractivity contribution < 1.29 is 0 Å². The van der Waals surface area contributed by atoms with E-state index in [1.165, 1.54) is 0 Å². The summed E-state index contributed by atoms with van der Waals surface area (Å²) >= 11 is 7.83. The van der Waals surface area contributed by atoms with Crippen molar-refractivity contribution in [2.24, 2.45) is 4.99 Å². The van der Waals surface area contributed by atoms with Gasteiger partial charge in [0.05, 0.1) is 16.3 Å². The third-order valence-corrected chi connectivity index (χ3v) is 3.88. The lowest BCUT2D eigenvalue weighted by Crippen LogP contribution is -2.00. The Hall–Kier alpha value is -1.38. The molecule has 1 heterocycles. The predicted octanol–water partition coefficient (Wildman–Crippen LogP) is 6.11. The molecule has 0 aliphatic rings. The molecule has 0 radical (unpaired) electrons. The summed E-state index contributed by atoms with van der Waals surface area (Å²) in [4.78, 5) is 5.85. The van der Waals surface area contributed by atoms with Crippen LogP contribution in [0.3, 0.4) is 0 Å². The number of halogens is 1. The van der Waals surface area contributed by atoms with E-state index in [9.17, 15) is 0 Å². The summed E-state index contributed by atoms with van der Waals surface area (Å²) in [5, 5.41) is 2.66. The van der Waals surface area contributed by atoms with Crippen molar-refractivity contribution in [1.82, 2.24) is 0 Å². The van der Waals surface area contributed by atoms with Crippen molar-refractivity contribution in [3.05, 3.63) is 69.1 Å². The van der Waals surface area contributed by atoms with Gasteiger partial charge in [0.25, 0.3) is 0 Å². The minimum atomic E-state index is 0.622. The van der Waals surface area contributed by atoms with E-state index in [4.69, 9.17) is 16.6 Å². The van der Waals surface area contributed by atoms with Crippen LogP contribution in [0, 0.1) is 0 Å². The first-order chi connectivity index (χ1) is 9.32. The number of allylic oxidation sites excluding steroid dienone is 5. The molecular weight excluding hydrogens is 286 g/mol. The number of thiophene rings is 1. The summed E-state index contributed by atoms with van der Waals surface area (Å²) in [6.45, 7) is 15.7. The van der Waals surface area contributed by atoms with Gasteiger partial charge in [-0.1, -0.05) is 36.4 Å². The van der Waals surface area contributed by atoms with Gasteiger partial charge in [0, 0.05) is 5.03 Å². The van der Waals surface area contributed by atoms with Crippen LogP contribution >= 0.6 is 22.9 Å². The van der Waals surface area contributed by atoms with Gasteiger partial charge in [-0.2, -0.15) is 0 Å². The van der Waals surface area contributed by atoms with Gasteiger partial charge in [0.15, 0.2) is 0 Å². The molecule has 0 aromatic carbocycles. The molecule has 1 rings (SSSR count). The third kappa shape index (κ3) is 4.62. The number of aliphatic imine (C=N–C) groups is 1. The van der Waals surface area contributed by atoms with E-state index in [-0.39, 0.29) is 0 Å². The Labute approximate surface area is 130 Å². The van der Waals surface area contributed by atoms with Gasteiger partial charge in [0.1, 0.15) is 0 Å². The summed E-state index contributed by atoms with van der Waals surface area (Å²) in [6, 6.07) is 4.06. The van der Waals surface area contributed by atoms with Crippen LogP contribution in [0.25, 0.3) is 0 Å². The molecule has 0 unspecified atom stereocenters. The summed E-state index contributed by atoms with van der Waals surface area (Å²) in [5.74, 6) is 0. The van der Waals surface area contributed by atoms with Crippen molar-refractivity contribution in [3.63, 3.8) is 0 Å². The third-order valence-electron chi connectivity index (χ3n) is 2.57. The molecule has 0 aliphatic heterocycles. The Bertz CT molecular complexity index is 597. The lowest BCUT2D eigenvalue weighted by Gasteiger charge is -2.07. The van der Waals surface area contributed by atoms with E-state index in [2.05, 4.69) is 13.2 Å². The van der Waals surface area contributed by atoms with Gasteiger partial charge in [-0.3, -0.25) is 0 Å². The highest BCUT2D eigenvalue weighted by molar-refractivity contribution is 7.12. The maximum atomic E-state index is 6.18. The van der Waals surface area contributed by atoms with Crippen molar-refractivity contribution >= 4 is 28.6 Å². The van der Waals surface area contributed by atoms with Crippen LogP contribution in [0.1, 0.15) is 32.6 Å². The summed E-state index contributed by atoms with van der Waals surface area (Å²) in [6.07, 6.45) is 1.86. The molecule has 0 atom stereocenters.